The molecule has 15 heavy (non-hydrogen) atoms. The molecule has 2 rings (SSSR count). The number of rotatable bonds is 4. The highest BCUT2D eigenvalue weighted by molar-refractivity contribution is 9.10. The highest BCUT2D eigenvalue weighted by Gasteiger charge is 2.25. The molecule has 1 atom stereocenters. The quantitative estimate of drug-likeness (QED) is 0.883. The Morgan fingerprint density at radius 1 is 1.53 bits per heavy atom. The summed E-state index contributed by atoms with van der Waals surface area (Å²) in [5.74, 6) is -0.229. The Bertz CT molecular complexity index is 352. The van der Waals surface area contributed by atoms with Crippen LogP contribution >= 0.6 is 15.9 Å². The summed E-state index contributed by atoms with van der Waals surface area (Å²) in [5, 5.41) is 3.44. The van der Waals surface area contributed by atoms with Crippen molar-refractivity contribution in [3.63, 3.8) is 0 Å². The molecule has 0 heterocycles. The van der Waals surface area contributed by atoms with E-state index < -0.39 is 0 Å². The standard InChI is InChI=1S/C11H14BrFN2/c12-10-5-7(13)1-4-9(10)11(6-14)15-8-2-3-8/h1,4-5,8,11,15H,2-3,6,14H2. The highest BCUT2D eigenvalue weighted by Crippen LogP contribution is 2.28. The SMILES string of the molecule is NCC(NC1CC1)c1ccc(F)cc1Br. The van der Waals surface area contributed by atoms with Gasteiger partial charge in [-0.2, -0.15) is 0 Å². The summed E-state index contributed by atoms with van der Waals surface area (Å²) >= 11 is 3.36. The van der Waals surface area contributed by atoms with Crippen molar-refractivity contribution in [3.05, 3.63) is 34.1 Å². The summed E-state index contributed by atoms with van der Waals surface area (Å²) in [6.07, 6.45) is 2.44. The average Bonchev–Trinajstić information content (AvgIpc) is 2.99. The first kappa shape index (κ1) is 11.0. The smallest absolute Gasteiger partial charge is 0.124 e. The molecule has 1 aromatic rings. The molecule has 82 valence electrons. The molecule has 1 saturated carbocycles. The van der Waals surface area contributed by atoms with Crippen molar-refractivity contribution in [2.24, 2.45) is 5.73 Å². The molecule has 2 nitrogen and oxygen atoms in total. The van der Waals surface area contributed by atoms with E-state index in [0.717, 1.165) is 10.0 Å². The Balaban J connectivity index is 2.16. The first-order valence-corrected chi connectivity index (χ1v) is 5.91. The van der Waals surface area contributed by atoms with Gasteiger partial charge in [0.2, 0.25) is 0 Å². The van der Waals surface area contributed by atoms with Gasteiger partial charge >= 0.3 is 0 Å². The fraction of sp³-hybridized carbons (Fsp3) is 0.455. The molecule has 1 unspecified atom stereocenters. The Hall–Kier alpha value is -0.450. The maximum Gasteiger partial charge on any atom is 0.124 e. The summed E-state index contributed by atoms with van der Waals surface area (Å²) in [5.41, 5.74) is 6.74. The maximum atomic E-state index is 12.9. The zero-order valence-electron chi connectivity index (χ0n) is 8.34. The number of hydrogen-bond acceptors (Lipinski definition) is 2. The summed E-state index contributed by atoms with van der Waals surface area (Å²) < 4.78 is 13.7. The average molecular weight is 273 g/mol. The largest absolute Gasteiger partial charge is 0.329 e. The second-order valence-electron chi connectivity index (χ2n) is 3.90. The van der Waals surface area contributed by atoms with Crippen molar-refractivity contribution in [1.29, 1.82) is 0 Å². The molecule has 3 N–H and O–H groups in total. The Morgan fingerprint density at radius 2 is 2.27 bits per heavy atom. The van der Waals surface area contributed by atoms with Gasteiger partial charge in [0, 0.05) is 23.1 Å². The number of halogens is 2. The lowest BCUT2D eigenvalue weighted by Crippen LogP contribution is -2.30. The molecular formula is C11H14BrFN2. The molecule has 0 radical (unpaired) electrons. The van der Waals surface area contributed by atoms with Crippen molar-refractivity contribution in [2.45, 2.75) is 24.9 Å². The third-order valence-electron chi connectivity index (χ3n) is 2.59. The van der Waals surface area contributed by atoms with Crippen LogP contribution in [0.5, 0.6) is 0 Å². The molecule has 0 amide bonds. The van der Waals surface area contributed by atoms with Crippen LogP contribution in [-0.4, -0.2) is 12.6 Å². The van der Waals surface area contributed by atoms with E-state index in [1.165, 1.54) is 25.0 Å². The van der Waals surface area contributed by atoms with Gasteiger partial charge in [-0.3, -0.25) is 0 Å². The van der Waals surface area contributed by atoms with Gasteiger partial charge in [0.15, 0.2) is 0 Å². The summed E-state index contributed by atoms with van der Waals surface area (Å²) in [4.78, 5) is 0. The van der Waals surface area contributed by atoms with Crippen LogP contribution in [0.3, 0.4) is 0 Å². The van der Waals surface area contributed by atoms with E-state index in [0.29, 0.717) is 12.6 Å². The van der Waals surface area contributed by atoms with Crippen LogP contribution in [0, 0.1) is 5.82 Å². The zero-order valence-corrected chi connectivity index (χ0v) is 9.93. The molecule has 4 heteroatoms. The predicted octanol–water partition coefficient (Wildman–Crippen LogP) is 2.34. The first-order valence-electron chi connectivity index (χ1n) is 5.12. The lowest BCUT2D eigenvalue weighted by Gasteiger charge is -2.18. The van der Waals surface area contributed by atoms with E-state index >= 15 is 0 Å². The van der Waals surface area contributed by atoms with Gasteiger partial charge in [0.25, 0.3) is 0 Å². The number of benzene rings is 1. The molecule has 0 saturated heterocycles. The molecule has 1 aliphatic carbocycles. The van der Waals surface area contributed by atoms with E-state index in [1.807, 2.05) is 0 Å². The van der Waals surface area contributed by atoms with Crippen LogP contribution in [0.25, 0.3) is 0 Å². The van der Waals surface area contributed by atoms with Gasteiger partial charge in [-0.05, 0) is 30.5 Å². The minimum Gasteiger partial charge on any atom is -0.329 e. The van der Waals surface area contributed by atoms with Crippen molar-refractivity contribution in [3.8, 4) is 0 Å². The van der Waals surface area contributed by atoms with Crippen LogP contribution in [0.2, 0.25) is 0 Å². The maximum absolute atomic E-state index is 12.9. The van der Waals surface area contributed by atoms with Crippen molar-refractivity contribution >= 4 is 15.9 Å². The summed E-state index contributed by atoms with van der Waals surface area (Å²) in [7, 11) is 0. The molecule has 0 aromatic heterocycles. The molecule has 0 spiro atoms. The topological polar surface area (TPSA) is 38.0 Å². The van der Waals surface area contributed by atoms with Crippen LogP contribution in [-0.2, 0) is 0 Å². The van der Waals surface area contributed by atoms with E-state index in [9.17, 15) is 4.39 Å². The number of nitrogens with two attached hydrogens (primary N) is 1. The normalized spacial score (nSPS) is 17.8. The van der Waals surface area contributed by atoms with Gasteiger partial charge in [0.1, 0.15) is 5.82 Å². The molecule has 1 aliphatic rings. The molecule has 1 aromatic carbocycles. The molecule has 1 fully saturated rings. The number of nitrogens with one attached hydrogen (secondary N) is 1. The Labute approximate surface area is 97.2 Å². The van der Waals surface area contributed by atoms with Gasteiger partial charge < -0.3 is 11.1 Å². The lowest BCUT2D eigenvalue weighted by atomic mass is 10.1. The predicted molar refractivity (Wildman–Crippen MR) is 62.1 cm³/mol. The van der Waals surface area contributed by atoms with Gasteiger partial charge in [-0.15, -0.1) is 0 Å². The molecule has 0 bridgehead atoms. The second kappa shape index (κ2) is 4.60. The third kappa shape index (κ3) is 2.77. The van der Waals surface area contributed by atoms with Crippen molar-refractivity contribution < 1.29 is 4.39 Å². The third-order valence-corrected chi connectivity index (χ3v) is 3.27. The lowest BCUT2D eigenvalue weighted by molar-refractivity contribution is 0.535. The van der Waals surface area contributed by atoms with E-state index in [1.54, 1.807) is 6.07 Å². The van der Waals surface area contributed by atoms with E-state index in [4.69, 9.17) is 5.73 Å². The summed E-state index contributed by atoms with van der Waals surface area (Å²) in [6.45, 7) is 0.529. The second-order valence-corrected chi connectivity index (χ2v) is 4.75. The fourth-order valence-corrected chi connectivity index (χ4v) is 2.23. The van der Waals surface area contributed by atoms with Crippen LogP contribution in [0.1, 0.15) is 24.4 Å². The van der Waals surface area contributed by atoms with Crippen LogP contribution in [0.15, 0.2) is 22.7 Å². The van der Waals surface area contributed by atoms with Gasteiger partial charge in [0.05, 0.1) is 0 Å². The minimum absolute atomic E-state index is 0.118. The summed E-state index contributed by atoms with van der Waals surface area (Å²) in [6, 6.07) is 5.44. The first-order chi connectivity index (χ1) is 7.20. The minimum atomic E-state index is -0.229. The van der Waals surface area contributed by atoms with Crippen molar-refractivity contribution in [2.75, 3.05) is 6.54 Å². The van der Waals surface area contributed by atoms with Crippen molar-refractivity contribution in [1.82, 2.24) is 5.32 Å². The molecular weight excluding hydrogens is 259 g/mol. The van der Waals surface area contributed by atoms with Crippen LogP contribution < -0.4 is 11.1 Å². The number of hydrogen-bond donors (Lipinski definition) is 2. The van der Waals surface area contributed by atoms with Gasteiger partial charge in [-0.1, -0.05) is 22.0 Å². The Kier molecular flexibility index (Phi) is 3.38. The zero-order chi connectivity index (χ0) is 10.8. The van der Waals surface area contributed by atoms with E-state index in [2.05, 4.69) is 21.2 Å². The van der Waals surface area contributed by atoms with Gasteiger partial charge in [-0.25, -0.2) is 4.39 Å². The fourth-order valence-electron chi connectivity index (χ4n) is 1.60. The highest BCUT2D eigenvalue weighted by atomic mass is 79.9. The Morgan fingerprint density at radius 3 is 2.80 bits per heavy atom. The monoisotopic (exact) mass is 272 g/mol. The van der Waals surface area contributed by atoms with Crippen LogP contribution in [0.4, 0.5) is 4.39 Å². The van der Waals surface area contributed by atoms with E-state index in [-0.39, 0.29) is 11.9 Å². The molecule has 0 aliphatic heterocycles.